The van der Waals surface area contributed by atoms with Gasteiger partial charge < -0.3 is 10.0 Å². The van der Waals surface area contributed by atoms with Crippen molar-refractivity contribution in [3.8, 4) is 0 Å². The first kappa shape index (κ1) is 17.0. The van der Waals surface area contributed by atoms with Crippen molar-refractivity contribution in [3.05, 3.63) is 41.5 Å². The lowest BCUT2D eigenvalue weighted by atomic mass is 10.0. The predicted molar refractivity (Wildman–Crippen MR) is 84.1 cm³/mol. The van der Waals surface area contributed by atoms with E-state index < -0.39 is 5.97 Å². The zero-order chi connectivity index (χ0) is 15.8. The van der Waals surface area contributed by atoms with Gasteiger partial charge in [0.25, 0.3) is 0 Å². The van der Waals surface area contributed by atoms with Crippen LogP contribution in [0.5, 0.6) is 0 Å². The Bertz CT molecular complexity index is 503. The summed E-state index contributed by atoms with van der Waals surface area (Å²) in [6, 6.07) is 8.06. The van der Waals surface area contributed by atoms with Crippen molar-refractivity contribution in [1.82, 2.24) is 4.90 Å². The number of amides is 1. The molecule has 0 aliphatic heterocycles. The lowest BCUT2D eigenvalue weighted by Gasteiger charge is -2.17. The molecule has 0 heterocycles. The molecular weight excluding hydrogens is 266 g/mol. The highest BCUT2D eigenvalue weighted by Crippen LogP contribution is 2.15. The minimum Gasteiger partial charge on any atom is -0.481 e. The van der Waals surface area contributed by atoms with Crippen molar-refractivity contribution in [2.45, 2.75) is 33.1 Å². The summed E-state index contributed by atoms with van der Waals surface area (Å²) in [4.78, 5) is 24.1. The maximum absolute atomic E-state index is 12.0. The summed E-state index contributed by atoms with van der Waals surface area (Å²) in [5.74, 6) is -0.572. The van der Waals surface area contributed by atoms with Crippen molar-refractivity contribution in [2.75, 3.05) is 13.1 Å². The van der Waals surface area contributed by atoms with Crippen LogP contribution in [0.25, 0.3) is 6.08 Å². The third-order valence-corrected chi connectivity index (χ3v) is 3.31. The van der Waals surface area contributed by atoms with Gasteiger partial charge in [-0.2, -0.15) is 0 Å². The van der Waals surface area contributed by atoms with E-state index in [9.17, 15) is 9.59 Å². The molecule has 1 rings (SSSR count). The number of rotatable bonds is 7. The quantitative estimate of drug-likeness (QED) is 0.784. The minimum atomic E-state index is -0.894. The van der Waals surface area contributed by atoms with Crippen LogP contribution >= 0.6 is 0 Å². The number of hydrogen-bond acceptors (Lipinski definition) is 2. The lowest BCUT2D eigenvalue weighted by molar-refractivity contribution is -0.137. The second kappa shape index (κ2) is 8.25. The van der Waals surface area contributed by atoms with Gasteiger partial charge in [0, 0.05) is 19.2 Å². The Morgan fingerprint density at radius 1 is 1.24 bits per heavy atom. The Hall–Kier alpha value is -2.10. The predicted octanol–water partition coefficient (Wildman–Crippen LogP) is 3.15. The van der Waals surface area contributed by atoms with Crippen LogP contribution in [0.15, 0.2) is 30.3 Å². The van der Waals surface area contributed by atoms with Crippen LogP contribution in [0, 0.1) is 0 Å². The normalized spacial score (nSPS) is 11.0. The van der Waals surface area contributed by atoms with E-state index in [1.54, 1.807) is 6.08 Å². The second-order valence-electron chi connectivity index (χ2n) is 5.22. The van der Waals surface area contributed by atoms with Crippen LogP contribution in [0.4, 0.5) is 0 Å². The first-order chi connectivity index (χ1) is 9.93. The molecular formula is C17H23NO3. The van der Waals surface area contributed by atoms with Gasteiger partial charge in [0.15, 0.2) is 0 Å². The molecule has 0 fully saturated rings. The van der Waals surface area contributed by atoms with Gasteiger partial charge in [-0.25, -0.2) is 0 Å². The maximum atomic E-state index is 12.0. The van der Waals surface area contributed by atoms with Gasteiger partial charge in [0.2, 0.25) is 5.91 Å². The van der Waals surface area contributed by atoms with Crippen molar-refractivity contribution in [2.24, 2.45) is 0 Å². The number of nitrogens with zero attached hydrogens (tertiary/aromatic N) is 1. The number of carbonyl (C=O) groups excluding carboxylic acids is 1. The average molecular weight is 289 g/mol. The minimum absolute atomic E-state index is 0.0312. The van der Waals surface area contributed by atoms with Gasteiger partial charge in [-0.15, -0.1) is 0 Å². The first-order valence-corrected chi connectivity index (χ1v) is 7.22. The third-order valence-electron chi connectivity index (χ3n) is 3.31. The molecule has 114 valence electrons. The molecule has 4 nitrogen and oxygen atoms in total. The molecule has 1 N–H and O–H groups in total. The number of benzene rings is 1. The molecule has 4 heteroatoms. The summed E-state index contributed by atoms with van der Waals surface area (Å²) < 4.78 is 0. The standard InChI is InChI=1S/C17H23NO3/c1-4-18(12-11-17(20)21)16(19)10-7-14-5-8-15(9-6-14)13(2)3/h5-10,13H,4,11-12H2,1-3H3,(H,20,21)/b10-7+. The largest absolute Gasteiger partial charge is 0.481 e. The van der Waals surface area contributed by atoms with Gasteiger partial charge in [-0.3, -0.25) is 9.59 Å². The highest BCUT2D eigenvalue weighted by atomic mass is 16.4. The summed E-state index contributed by atoms with van der Waals surface area (Å²) in [7, 11) is 0. The molecule has 0 saturated heterocycles. The molecule has 0 atom stereocenters. The summed E-state index contributed by atoms with van der Waals surface area (Å²) in [5, 5.41) is 8.66. The van der Waals surface area contributed by atoms with E-state index in [0.29, 0.717) is 12.5 Å². The fraction of sp³-hybridized carbons (Fsp3) is 0.412. The topological polar surface area (TPSA) is 57.6 Å². The van der Waals surface area contributed by atoms with Crippen molar-refractivity contribution in [3.63, 3.8) is 0 Å². The SMILES string of the molecule is CCN(CCC(=O)O)C(=O)/C=C/c1ccc(C(C)C)cc1. The number of carboxylic acids is 1. The van der Waals surface area contributed by atoms with Crippen LogP contribution < -0.4 is 0 Å². The summed E-state index contributed by atoms with van der Waals surface area (Å²) in [6.07, 6.45) is 3.22. The molecule has 0 spiro atoms. The second-order valence-corrected chi connectivity index (χ2v) is 5.22. The zero-order valence-electron chi connectivity index (χ0n) is 12.9. The number of carboxylic acid groups (broad SMARTS) is 1. The van der Waals surface area contributed by atoms with Gasteiger partial charge in [-0.05, 0) is 30.0 Å². The zero-order valence-corrected chi connectivity index (χ0v) is 12.9. The first-order valence-electron chi connectivity index (χ1n) is 7.22. The molecule has 21 heavy (non-hydrogen) atoms. The van der Waals surface area contributed by atoms with E-state index >= 15 is 0 Å². The van der Waals surface area contributed by atoms with Crippen molar-refractivity contribution < 1.29 is 14.7 Å². The average Bonchev–Trinajstić information content (AvgIpc) is 2.45. The number of likely N-dealkylation sites (N-methyl/N-ethyl adjacent to an activating group) is 1. The van der Waals surface area contributed by atoms with E-state index in [1.165, 1.54) is 16.5 Å². The molecule has 0 bridgehead atoms. The van der Waals surface area contributed by atoms with Gasteiger partial charge in [0.1, 0.15) is 0 Å². The Morgan fingerprint density at radius 3 is 2.33 bits per heavy atom. The fourth-order valence-corrected chi connectivity index (χ4v) is 1.92. The Balaban J connectivity index is 2.65. The molecule has 0 aliphatic rings. The van der Waals surface area contributed by atoms with E-state index in [4.69, 9.17) is 5.11 Å². The molecule has 1 aromatic carbocycles. The summed E-state index contributed by atoms with van der Waals surface area (Å²) >= 11 is 0. The summed E-state index contributed by atoms with van der Waals surface area (Å²) in [5.41, 5.74) is 2.22. The van der Waals surface area contributed by atoms with Crippen LogP contribution in [-0.4, -0.2) is 35.0 Å². The Morgan fingerprint density at radius 2 is 1.86 bits per heavy atom. The molecule has 0 saturated carbocycles. The Labute approximate surface area is 126 Å². The summed E-state index contributed by atoms with van der Waals surface area (Å²) in [6.45, 7) is 6.85. The van der Waals surface area contributed by atoms with Crippen molar-refractivity contribution in [1.29, 1.82) is 0 Å². The molecule has 0 aliphatic carbocycles. The van der Waals surface area contributed by atoms with E-state index in [0.717, 1.165) is 5.56 Å². The lowest BCUT2D eigenvalue weighted by Crippen LogP contribution is -2.31. The van der Waals surface area contributed by atoms with Crippen LogP contribution in [-0.2, 0) is 9.59 Å². The van der Waals surface area contributed by atoms with Crippen molar-refractivity contribution >= 4 is 18.0 Å². The molecule has 0 radical (unpaired) electrons. The highest BCUT2D eigenvalue weighted by molar-refractivity contribution is 5.92. The molecule has 0 aromatic heterocycles. The number of aliphatic carboxylic acids is 1. The smallest absolute Gasteiger partial charge is 0.305 e. The van der Waals surface area contributed by atoms with Gasteiger partial charge >= 0.3 is 5.97 Å². The van der Waals surface area contributed by atoms with Gasteiger partial charge in [0.05, 0.1) is 6.42 Å². The van der Waals surface area contributed by atoms with Crippen LogP contribution in [0.3, 0.4) is 0 Å². The molecule has 1 amide bonds. The van der Waals surface area contributed by atoms with Gasteiger partial charge in [-0.1, -0.05) is 38.1 Å². The Kier molecular flexibility index (Phi) is 6.66. The monoisotopic (exact) mass is 289 g/mol. The van der Waals surface area contributed by atoms with E-state index in [-0.39, 0.29) is 18.9 Å². The third kappa shape index (κ3) is 5.81. The maximum Gasteiger partial charge on any atom is 0.305 e. The van der Waals surface area contributed by atoms with E-state index in [1.807, 2.05) is 19.1 Å². The van der Waals surface area contributed by atoms with Crippen LogP contribution in [0.2, 0.25) is 0 Å². The van der Waals surface area contributed by atoms with Crippen LogP contribution in [0.1, 0.15) is 44.2 Å². The highest BCUT2D eigenvalue weighted by Gasteiger charge is 2.09. The fourth-order valence-electron chi connectivity index (χ4n) is 1.92. The number of hydrogen-bond donors (Lipinski definition) is 1. The molecule has 1 aromatic rings. The molecule has 0 unspecified atom stereocenters. The number of carbonyl (C=O) groups is 2. The van der Waals surface area contributed by atoms with E-state index in [2.05, 4.69) is 26.0 Å².